The summed E-state index contributed by atoms with van der Waals surface area (Å²) in [5, 5.41) is 4.75. The maximum atomic E-state index is 13.9. The number of benzene rings is 1. The number of nitrogens with one attached hydrogen (secondary N) is 1. The highest BCUT2D eigenvalue weighted by molar-refractivity contribution is 7.11. The number of nitrogens with zero attached hydrogens (tertiary/aromatic N) is 1. The van der Waals surface area contributed by atoms with Crippen molar-refractivity contribution in [2.45, 2.75) is 51.1 Å². The van der Waals surface area contributed by atoms with E-state index in [4.69, 9.17) is 4.98 Å². The van der Waals surface area contributed by atoms with Crippen molar-refractivity contribution >= 4 is 11.3 Å². The molecule has 1 heterocycles. The zero-order valence-corrected chi connectivity index (χ0v) is 13.0. The minimum absolute atomic E-state index is 0.0446. The van der Waals surface area contributed by atoms with Gasteiger partial charge in [0.25, 0.3) is 0 Å². The van der Waals surface area contributed by atoms with Crippen LogP contribution in [0, 0.1) is 12.7 Å². The summed E-state index contributed by atoms with van der Waals surface area (Å²) in [6.45, 7) is 1.81. The maximum absolute atomic E-state index is 13.9. The van der Waals surface area contributed by atoms with Crippen molar-refractivity contribution in [1.82, 2.24) is 10.3 Å². The third-order valence-corrected chi connectivity index (χ3v) is 5.59. The minimum Gasteiger partial charge on any atom is -0.301 e. The van der Waals surface area contributed by atoms with Crippen LogP contribution in [0.3, 0.4) is 0 Å². The SMILES string of the molecule is Cc1ccc(C(NC2CC2)c2nc3c(s2)CCC3)cc1F. The van der Waals surface area contributed by atoms with Gasteiger partial charge in [0.15, 0.2) is 0 Å². The Morgan fingerprint density at radius 3 is 2.90 bits per heavy atom. The van der Waals surface area contributed by atoms with Gasteiger partial charge in [0.05, 0.1) is 11.7 Å². The van der Waals surface area contributed by atoms with Gasteiger partial charge < -0.3 is 5.32 Å². The molecular formula is C17H19FN2S. The summed E-state index contributed by atoms with van der Waals surface area (Å²) in [6.07, 6.45) is 5.93. The molecule has 1 unspecified atom stereocenters. The van der Waals surface area contributed by atoms with E-state index in [1.807, 2.05) is 23.5 Å². The van der Waals surface area contributed by atoms with Crippen LogP contribution in [0.2, 0.25) is 0 Å². The van der Waals surface area contributed by atoms with E-state index in [9.17, 15) is 4.39 Å². The molecule has 2 aliphatic carbocycles. The van der Waals surface area contributed by atoms with E-state index in [2.05, 4.69) is 5.32 Å². The molecule has 1 saturated carbocycles. The Morgan fingerprint density at radius 1 is 1.33 bits per heavy atom. The lowest BCUT2D eigenvalue weighted by atomic mass is 10.0. The summed E-state index contributed by atoms with van der Waals surface area (Å²) in [4.78, 5) is 6.26. The molecule has 21 heavy (non-hydrogen) atoms. The summed E-state index contributed by atoms with van der Waals surface area (Å²) >= 11 is 1.81. The van der Waals surface area contributed by atoms with E-state index in [0.29, 0.717) is 11.6 Å². The molecule has 1 fully saturated rings. The molecule has 2 nitrogen and oxygen atoms in total. The predicted molar refractivity (Wildman–Crippen MR) is 83.3 cm³/mol. The Hall–Kier alpha value is -1.26. The molecular weight excluding hydrogens is 283 g/mol. The second kappa shape index (κ2) is 5.18. The van der Waals surface area contributed by atoms with Gasteiger partial charge in [-0.2, -0.15) is 0 Å². The second-order valence-corrected chi connectivity index (χ2v) is 7.27. The monoisotopic (exact) mass is 302 g/mol. The van der Waals surface area contributed by atoms with Crippen LogP contribution in [0.5, 0.6) is 0 Å². The van der Waals surface area contributed by atoms with Gasteiger partial charge in [0.1, 0.15) is 10.8 Å². The lowest BCUT2D eigenvalue weighted by Crippen LogP contribution is -2.24. The van der Waals surface area contributed by atoms with Crippen molar-refractivity contribution in [3.05, 3.63) is 50.7 Å². The van der Waals surface area contributed by atoms with E-state index < -0.39 is 0 Å². The maximum Gasteiger partial charge on any atom is 0.126 e. The van der Waals surface area contributed by atoms with Crippen molar-refractivity contribution in [2.24, 2.45) is 0 Å². The van der Waals surface area contributed by atoms with Crippen molar-refractivity contribution in [3.8, 4) is 0 Å². The second-order valence-electron chi connectivity index (χ2n) is 6.16. The largest absolute Gasteiger partial charge is 0.301 e. The van der Waals surface area contributed by atoms with Crippen molar-refractivity contribution < 1.29 is 4.39 Å². The van der Waals surface area contributed by atoms with Gasteiger partial charge in [-0.25, -0.2) is 9.37 Å². The molecule has 0 saturated heterocycles. The molecule has 0 bridgehead atoms. The molecule has 0 aliphatic heterocycles. The minimum atomic E-state index is -0.126. The molecule has 4 heteroatoms. The molecule has 4 rings (SSSR count). The number of fused-ring (bicyclic) bond motifs is 1. The Balaban J connectivity index is 1.70. The van der Waals surface area contributed by atoms with Gasteiger partial charge in [-0.15, -0.1) is 11.3 Å². The summed E-state index contributed by atoms with van der Waals surface area (Å²) in [5.41, 5.74) is 2.97. The van der Waals surface area contributed by atoms with Crippen LogP contribution in [0.4, 0.5) is 4.39 Å². The lowest BCUT2D eigenvalue weighted by Gasteiger charge is -2.17. The summed E-state index contributed by atoms with van der Waals surface area (Å²) in [5.74, 6) is -0.126. The third-order valence-electron chi connectivity index (χ3n) is 4.37. The molecule has 1 aromatic heterocycles. The molecule has 2 aromatic rings. The zero-order chi connectivity index (χ0) is 14.4. The van der Waals surface area contributed by atoms with Crippen LogP contribution < -0.4 is 5.32 Å². The van der Waals surface area contributed by atoms with E-state index in [-0.39, 0.29) is 11.9 Å². The van der Waals surface area contributed by atoms with Crippen LogP contribution in [-0.4, -0.2) is 11.0 Å². The van der Waals surface area contributed by atoms with Crippen LogP contribution >= 0.6 is 11.3 Å². The van der Waals surface area contributed by atoms with E-state index in [0.717, 1.165) is 23.4 Å². The Bertz CT molecular complexity index is 654. The smallest absolute Gasteiger partial charge is 0.126 e. The average molecular weight is 302 g/mol. The van der Waals surface area contributed by atoms with E-state index >= 15 is 0 Å². The van der Waals surface area contributed by atoms with Crippen LogP contribution in [0.15, 0.2) is 18.2 Å². The Kier molecular flexibility index (Phi) is 3.31. The molecule has 1 atom stereocenters. The Morgan fingerprint density at radius 2 is 2.19 bits per heavy atom. The van der Waals surface area contributed by atoms with Crippen molar-refractivity contribution in [2.75, 3.05) is 0 Å². The number of hydrogen-bond acceptors (Lipinski definition) is 3. The summed E-state index contributed by atoms with van der Waals surface area (Å²) in [7, 11) is 0. The highest BCUT2D eigenvalue weighted by Crippen LogP contribution is 2.35. The van der Waals surface area contributed by atoms with Crippen molar-refractivity contribution in [3.63, 3.8) is 0 Å². The predicted octanol–water partition coefficient (Wildman–Crippen LogP) is 3.92. The number of rotatable bonds is 4. The van der Waals surface area contributed by atoms with E-state index in [1.54, 1.807) is 13.0 Å². The van der Waals surface area contributed by atoms with Gasteiger partial charge in [-0.3, -0.25) is 0 Å². The van der Waals surface area contributed by atoms with Gasteiger partial charge in [0, 0.05) is 10.9 Å². The average Bonchev–Trinajstić information content (AvgIpc) is 3.03. The molecule has 0 spiro atoms. The Labute approximate surface area is 128 Å². The molecule has 1 aromatic carbocycles. The van der Waals surface area contributed by atoms with Crippen LogP contribution in [0.1, 0.15) is 52.0 Å². The van der Waals surface area contributed by atoms with Gasteiger partial charge in [-0.05, 0) is 56.2 Å². The zero-order valence-electron chi connectivity index (χ0n) is 12.2. The fourth-order valence-electron chi connectivity index (χ4n) is 2.92. The van der Waals surface area contributed by atoms with E-state index in [1.165, 1.54) is 29.8 Å². The first-order chi connectivity index (χ1) is 10.2. The van der Waals surface area contributed by atoms with Crippen LogP contribution in [0.25, 0.3) is 0 Å². The number of thiazole rings is 1. The standard InChI is InChI=1S/C17H19FN2S/c1-10-5-6-11(9-13(10)18)16(19-12-7-8-12)17-20-14-3-2-4-15(14)21-17/h5-6,9,12,16,19H,2-4,7-8H2,1H3. The fourth-order valence-corrected chi connectivity index (χ4v) is 4.16. The summed E-state index contributed by atoms with van der Waals surface area (Å²) in [6, 6.07) is 6.18. The highest BCUT2D eigenvalue weighted by Gasteiger charge is 2.29. The lowest BCUT2D eigenvalue weighted by molar-refractivity contribution is 0.580. The number of halogens is 1. The molecule has 0 radical (unpaired) electrons. The normalized spacial score (nSPS) is 18.8. The van der Waals surface area contributed by atoms with Crippen molar-refractivity contribution in [1.29, 1.82) is 0 Å². The molecule has 110 valence electrons. The van der Waals surface area contributed by atoms with Gasteiger partial charge >= 0.3 is 0 Å². The first kappa shape index (κ1) is 13.4. The molecule has 1 N–H and O–H groups in total. The molecule has 2 aliphatic rings. The quantitative estimate of drug-likeness (QED) is 0.926. The number of aromatic nitrogens is 1. The first-order valence-electron chi connectivity index (χ1n) is 7.71. The van der Waals surface area contributed by atoms with Gasteiger partial charge in [-0.1, -0.05) is 12.1 Å². The topological polar surface area (TPSA) is 24.9 Å². The summed E-state index contributed by atoms with van der Waals surface area (Å²) < 4.78 is 13.9. The molecule has 0 amide bonds. The first-order valence-corrected chi connectivity index (χ1v) is 8.53. The third kappa shape index (κ3) is 2.62. The van der Waals surface area contributed by atoms with Gasteiger partial charge in [0.2, 0.25) is 0 Å². The number of hydrogen-bond donors (Lipinski definition) is 1. The fraction of sp³-hybridized carbons (Fsp3) is 0.471. The number of aryl methyl sites for hydroxylation is 3. The highest BCUT2D eigenvalue weighted by atomic mass is 32.1. The van der Waals surface area contributed by atoms with Crippen LogP contribution in [-0.2, 0) is 12.8 Å².